The first kappa shape index (κ1) is 13.9. The third-order valence-electron chi connectivity index (χ3n) is 3.47. The maximum Gasteiger partial charge on any atom is 0.0802 e. The molecule has 1 aliphatic rings. The summed E-state index contributed by atoms with van der Waals surface area (Å²) in [5.41, 5.74) is 2.27. The van der Waals surface area contributed by atoms with Gasteiger partial charge in [-0.1, -0.05) is 36.8 Å². The average Bonchev–Trinajstić information content (AvgIpc) is 2.36. The molecule has 0 radical (unpaired) electrons. The van der Waals surface area contributed by atoms with E-state index in [1.807, 2.05) is 12.1 Å². The highest BCUT2D eigenvalue weighted by atomic mass is 32.2. The van der Waals surface area contributed by atoms with Crippen molar-refractivity contribution in [2.24, 2.45) is 0 Å². The van der Waals surface area contributed by atoms with Crippen LogP contribution in [-0.2, 0) is 0 Å². The predicted octanol–water partition coefficient (Wildman–Crippen LogP) is 2.86. The van der Waals surface area contributed by atoms with E-state index in [1.165, 1.54) is 11.3 Å². The van der Waals surface area contributed by atoms with Crippen LogP contribution in [0.15, 0.2) is 24.3 Å². The number of rotatable bonds is 4. The van der Waals surface area contributed by atoms with Crippen molar-refractivity contribution in [2.75, 3.05) is 25.4 Å². The zero-order valence-corrected chi connectivity index (χ0v) is 12.1. The number of hydrogen-bond acceptors (Lipinski definition) is 3. The molecule has 1 heterocycles. The minimum absolute atomic E-state index is 0.324. The third kappa shape index (κ3) is 4.01. The van der Waals surface area contributed by atoms with Crippen LogP contribution in [0, 0.1) is 6.92 Å². The second-order valence-corrected chi connectivity index (χ2v) is 6.75. The molecule has 2 nitrogen and oxygen atoms in total. The summed E-state index contributed by atoms with van der Waals surface area (Å²) in [7, 11) is 0. The number of aliphatic hydroxyl groups excluding tert-OH is 1. The van der Waals surface area contributed by atoms with Gasteiger partial charge in [0.05, 0.1) is 6.10 Å². The minimum Gasteiger partial charge on any atom is -0.388 e. The van der Waals surface area contributed by atoms with E-state index in [0.717, 1.165) is 36.9 Å². The minimum atomic E-state index is -0.324. The Hall–Kier alpha value is -0.510. The predicted molar refractivity (Wildman–Crippen MR) is 79.1 cm³/mol. The lowest BCUT2D eigenvalue weighted by atomic mass is 10.0. The van der Waals surface area contributed by atoms with Crippen LogP contribution in [0.2, 0.25) is 0 Å². The van der Waals surface area contributed by atoms with Gasteiger partial charge in [-0.2, -0.15) is 11.8 Å². The van der Waals surface area contributed by atoms with Gasteiger partial charge in [-0.3, -0.25) is 0 Å². The quantitative estimate of drug-likeness (QED) is 0.905. The summed E-state index contributed by atoms with van der Waals surface area (Å²) in [4.78, 5) is 2.47. The molecule has 100 valence electrons. The second kappa shape index (κ2) is 6.60. The standard InChI is InChI=1S/C15H23NOS/c1-12-4-3-5-14(10-12)15(17)6-7-16-8-9-18-13(2)11-16/h3-5,10,13,15,17H,6-9,11H2,1-2H3. The van der Waals surface area contributed by atoms with Crippen molar-refractivity contribution in [1.29, 1.82) is 0 Å². The number of hydrogen-bond donors (Lipinski definition) is 1. The van der Waals surface area contributed by atoms with Crippen LogP contribution in [-0.4, -0.2) is 40.6 Å². The molecule has 0 spiro atoms. The summed E-state index contributed by atoms with van der Waals surface area (Å²) in [5.74, 6) is 1.22. The molecule has 3 heteroatoms. The maximum atomic E-state index is 10.2. The van der Waals surface area contributed by atoms with Crippen molar-refractivity contribution in [3.8, 4) is 0 Å². The van der Waals surface area contributed by atoms with Crippen LogP contribution in [0.4, 0.5) is 0 Å². The number of aliphatic hydroxyl groups is 1. The summed E-state index contributed by atoms with van der Waals surface area (Å²) in [6, 6.07) is 8.19. The van der Waals surface area contributed by atoms with Crippen LogP contribution in [0.25, 0.3) is 0 Å². The lowest BCUT2D eigenvalue weighted by Gasteiger charge is -2.31. The lowest BCUT2D eigenvalue weighted by molar-refractivity contribution is 0.143. The highest BCUT2D eigenvalue weighted by Crippen LogP contribution is 2.21. The van der Waals surface area contributed by atoms with Crippen molar-refractivity contribution < 1.29 is 5.11 Å². The molecule has 1 aromatic carbocycles. The van der Waals surface area contributed by atoms with Gasteiger partial charge in [0.15, 0.2) is 0 Å². The zero-order valence-electron chi connectivity index (χ0n) is 11.3. The highest BCUT2D eigenvalue weighted by Gasteiger charge is 2.17. The Morgan fingerprint density at radius 2 is 2.33 bits per heavy atom. The van der Waals surface area contributed by atoms with E-state index in [4.69, 9.17) is 0 Å². The van der Waals surface area contributed by atoms with E-state index in [-0.39, 0.29) is 6.10 Å². The highest BCUT2D eigenvalue weighted by molar-refractivity contribution is 7.99. The Morgan fingerprint density at radius 3 is 3.06 bits per heavy atom. The Bertz CT molecular complexity index is 383. The molecule has 1 aromatic rings. The summed E-state index contributed by atoms with van der Waals surface area (Å²) in [6.45, 7) is 7.67. The molecule has 18 heavy (non-hydrogen) atoms. The van der Waals surface area contributed by atoms with Crippen LogP contribution < -0.4 is 0 Å². The topological polar surface area (TPSA) is 23.5 Å². The summed E-state index contributed by atoms with van der Waals surface area (Å²) in [6.07, 6.45) is 0.510. The first-order valence-corrected chi connectivity index (χ1v) is 7.78. The van der Waals surface area contributed by atoms with Crippen molar-refractivity contribution in [1.82, 2.24) is 4.90 Å². The Labute approximate surface area is 114 Å². The average molecular weight is 265 g/mol. The van der Waals surface area contributed by atoms with E-state index < -0.39 is 0 Å². The second-order valence-electron chi connectivity index (χ2n) is 5.20. The summed E-state index contributed by atoms with van der Waals surface area (Å²) < 4.78 is 0. The van der Waals surface area contributed by atoms with Gasteiger partial charge in [0.2, 0.25) is 0 Å². The molecule has 2 rings (SSSR count). The molecule has 1 N–H and O–H groups in total. The third-order valence-corrected chi connectivity index (χ3v) is 4.61. The van der Waals surface area contributed by atoms with E-state index in [0.29, 0.717) is 0 Å². The molecule has 0 saturated carbocycles. The smallest absolute Gasteiger partial charge is 0.0802 e. The summed E-state index contributed by atoms with van der Waals surface area (Å²) in [5, 5.41) is 10.9. The van der Waals surface area contributed by atoms with Gasteiger partial charge < -0.3 is 10.0 Å². The fraction of sp³-hybridized carbons (Fsp3) is 0.600. The van der Waals surface area contributed by atoms with Crippen LogP contribution in [0.1, 0.15) is 30.6 Å². The van der Waals surface area contributed by atoms with Gasteiger partial charge in [0.25, 0.3) is 0 Å². The molecule has 2 atom stereocenters. The van der Waals surface area contributed by atoms with Gasteiger partial charge in [-0.05, 0) is 18.9 Å². The van der Waals surface area contributed by atoms with Crippen molar-refractivity contribution in [2.45, 2.75) is 31.6 Å². The molecule has 0 amide bonds. The molecule has 1 fully saturated rings. The first-order valence-electron chi connectivity index (χ1n) is 6.74. The molecule has 0 bridgehead atoms. The normalized spacial score (nSPS) is 22.9. The number of benzene rings is 1. The molecule has 2 unspecified atom stereocenters. The van der Waals surface area contributed by atoms with Crippen molar-refractivity contribution in [3.05, 3.63) is 35.4 Å². The van der Waals surface area contributed by atoms with E-state index in [2.05, 4.69) is 42.6 Å². The molecule has 0 aromatic heterocycles. The van der Waals surface area contributed by atoms with E-state index in [1.54, 1.807) is 0 Å². The summed E-state index contributed by atoms with van der Waals surface area (Å²) >= 11 is 2.05. The van der Waals surface area contributed by atoms with Crippen molar-refractivity contribution >= 4 is 11.8 Å². The van der Waals surface area contributed by atoms with Crippen LogP contribution in [0.5, 0.6) is 0 Å². The van der Waals surface area contributed by atoms with Gasteiger partial charge in [0, 0.05) is 30.6 Å². The fourth-order valence-electron chi connectivity index (χ4n) is 2.44. The van der Waals surface area contributed by atoms with Crippen LogP contribution in [0.3, 0.4) is 0 Å². The monoisotopic (exact) mass is 265 g/mol. The number of aryl methyl sites for hydroxylation is 1. The maximum absolute atomic E-state index is 10.2. The van der Waals surface area contributed by atoms with Gasteiger partial charge in [-0.15, -0.1) is 0 Å². The van der Waals surface area contributed by atoms with Gasteiger partial charge >= 0.3 is 0 Å². The fourth-order valence-corrected chi connectivity index (χ4v) is 3.52. The SMILES string of the molecule is Cc1cccc(C(O)CCN2CCSC(C)C2)c1. The zero-order chi connectivity index (χ0) is 13.0. The first-order chi connectivity index (χ1) is 8.65. The van der Waals surface area contributed by atoms with Gasteiger partial charge in [0.1, 0.15) is 0 Å². The molecular formula is C15H23NOS. The number of thioether (sulfide) groups is 1. The number of nitrogens with zero attached hydrogens (tertiary/aromatic N) is 1. The Balaban J connectivity index is 1.82. The molecule has 1 aliphatic heterocycles. The van der Waals surface area contributed by atoms with Crippen molar-refractivity contribution in [3.63, 3.8) is 0 Å². The van der Waals surface area contributed by atoms with Crippen LogP contribution >= 0.6 is 11.8 Å². The Kier molecular flexibility index (Phi) is 5.10. The largest absolute Gasteiger partial charge is 0.388 e. The van der Waals surface area contributed by atoms with Gasteiger partial charge in [-0.25, -0.2) is 0 Å². The Morgan fingerprint density at radius 1 is 1.50 bits per heavy atom. The van der Waals surface area contributed by atoms with E-state index >= 15 is 0 Å². The van der Waals surface area contributed by atoms with E-state index in [9.17, 15) is 5.11 Å². The molecular weight excluding hydrogens is 242 g/mol. The lowest BCUT2D eigenvalue weighted by Crippen LogP contribution is -2.37. The molecule has 0 aliphatic carbocycles. The molecule has 1 saturated heterocycles.